The van der Waals surface area contributed by atoms with Crippen LogP contribution in [0.3, 0.4) is 0 Å². The third-order valence-electron chi connectivity index (χ3n) is 3.88. The molecule has 27 heavy (non-hydrogen) atoms. The third-order valence-corrected chi connectivity index (χ3v) is 3.88. The number of amides is 1. The Balaban J connectivity index is 1.83. The predicted octanol–water partition coefficient (Wildman–Crippen LogP) is 4.12. The molecule has 0 atom stereocenters. The Bertz CT molecular complexity index is 914. The van der Waals surface area contributed by atoms with E-state index in [0.717, 1.165) is 11.1 Å². The highest BCUT2D eigenvalue weighted by molar-refractivity contribution is 5.91. The third kappa shape index (κ3) is 4.92. The van der Waals surface area contributed by atoms with Crippen LogP contribution in [0.15, 0.2) is 79.0 Å². The van der Waals surface area contributed by atoms with Gasteiger partial charge in [0.15, 0.2) is 0 Å². The maximum Gasteiger partial charge on any atom is 0.414 e. The van der Waals surface area contributed by atoms with E-state index in [-0.39, 0.29) is 18.8 Å². The Morgan fingerprint density at radius 1 is 0.926 bits per heavy atom. The summed E-state index contributed by atoms with van der Waals surface area (Å²) in [5.41, 5.74) is 2.03. The van der Waals surface area contributed by atoms with Crippen molar-refractivity contribution < 1.29 is 19.4 Å². The summed E-state index contributed by atoms with van der Waals surface area (Å²) in [6.07, 6.45) is 0.798. The maximum atomic E-state index is 12.7. The van der Waals surface area contributed by atoms with Gasteiger partial charge in [0.1, 0.15) is 12.3 Å². The van der Waals surface area contributed by atoms with Crippen molar-refractivity contribution in [1.29, 1.82) is 0 Å². The van der Waals surface area contributed by atoms with Crippen LogP contribution in [-0.4, -0.2) is 22.2 Å². The van der Waals surface area contributed by atoms with Crippen molar-refractivity contribution in [3.8, 4) is 0 Å². The van der Waals surface area contributed by atoms with E-state index >= 15 is 0 Å². The maximum absolute atomic E-state index is 12.7. The van der Waals surface area contributed by atoms with Gasteiger partial charge in [-0.3, -0.25) is 4.90 Å². The van der Waals surface area contributed by atoms with E-state index in [2.05, 4.69) is 4.98 Å². The van der Waals surface area contributed by atoms with E-state index < -0.39 is 12.1 Å². The van der Waals surface area contributed by atoms with E-state index in [9.17, 15) is 14.7 Å². The molecule has 0 aliphatic heterocycles. The van der Waals surface area contributed by atoms with Crippen LogP contribution in [0.1, 0.15) is 21.6 Å². The number of anilines is 1. The zero-order chi connectivity index (χ0) is 19.1. The molecule has 0 aliphatic rings. The lowest BCUT2D eigenvalue weighted by Gasteiger charge is -2.22. The SMILES string of the molecule is O=C(O)c1cc(N(Cc2ccccc2)C(=O)OCc2ccccc2)ccn1. The first kappa shape index (κ1) is 18.1. The number of aromatic nitrogens is 1. The fourth-order valence-electron chi connectivity index (χ4n) is 2.53. The van der Waals surface area contributed by atoms with Gasteiger partial charge in [0, 0.05) is 6.20 Å². The van der Waals surface area contributed by atoms with Gasteiger partial charge in [-0.2, -0.15) is 0 Å². The summed E-state index contributed by atoms with van der Waals surface area (Å²) in [6.45, 7) is 0.374. The molecule has 0 unspecified atom stereocenters. The smallest absolute Gasteiger partial charge is 0.414 e. The zero-order valence-corrected chi connectivity index (χ0v) is 14.5. The minimum atomic E-state index is -1.16. The first-order chi connectivity index (χ1) is 13.1. The largest absolute Gasteiger partial charge is 0.477 e. The second-order valence-electron chi connectivity index (χ2n) is 5.82. The Morgan fingerprint density at radius 3 is 2.19 bits per heavy atom. The van der Waals surface area contributed by atoms with Crippen LogP contribution in [0.5, 0.6) is 0 Å². The molecule has 1 N–H and O–H groups in total. The molecule has 0 aliphatic carbocycles. The molecule has 1 amide bonds. The number of benzene rings is 2. The number of carbonyl (C=O) groups is 2. The summed E-state index contributed by atoms with van der Waals surface area (Å²) in [6, 6.07) is 21.7. The zero-order valence-electron chi connectivity index (χ0n) is 14.5. The van der Waals surface area contributed by atoms with Crippen molar-refractivity contribution in [2.24, 2.45) is 0 Å². The molecular formula is C21H18N2O4. The van der Waals surface area contributed by atoms with Crippen molar-refractivity contribution in [3.63, 3.8) is 0 Å². The van der Waals surface area contributed by atoms with Gasteiger partial charge in [0.05, 0.1) is 12.2 Å². The summed E-state index contributed by atoms with van der Waals surface area (Å²) in [7, 11) is 0. The lowest BCUT2D eigenvalue weighted by Crippen LogP contribution is -2.31. The van der Waals surface area contributed by atoms with E-state index in [1.165, 1.54) is 17.2 Å². The molecular weight excluding hydrogens is 344 g/mol. The van der Waals surface area contributed by atoms with Crippen LogP contribution >= 0.6 is 0 Å². The summed E-state index contributed by atoms with van der Waals surface area (Å²) in [5.74, 6) is -1.16. The van der Waals surface area contributed by atoms with Gasteiger partial charge in [-0.1, -0.05) is 60.7 Å². The van der Waals surface area contributed by atoms with Crippen molar-refractivity contribution in [2.45, 2.75) is 13.2 Å². The lowest BCUT2D eigenvalue weighted by molar-refractivity contribution is 0.0690. The summed E-state index contributed by atoms with van der Waals surface area (Å²) in [5, 5.41) is 9.17. The highest BCUT2D eigenvalue weighted by Gasteiger charge is 2.19. The lowest BCUT2D eigenvalue weighted by atomic mass is 10.2. The molecule has 0 saturated carbocycles. The summed E-state index contributed by atoms with van der Waals surface area (Å²) < 4.78 is 5.44. The Kier molecular flexibility index (Phi) is 5.79. The number of rotatable bonds is 6. The van der Waals surface area contributed by atoms with Gasteiger partial charge in [0.25, 0.3) is 0 Å². The van der Waals surface area contributed by atoms with Crippen LogP contribution in [0, 0.1) is 0 Å². The predicted molar refractivity (Wildman–Crippen MR) is 100 cm³/mol. The molecule has 0 fully saturated rings. The van der Waals surface area contributed by atoms with Crippen molar-refractivity contribution in [2.75, 3.05) is 4.90 Å². The molecule has 1 aromatic heterocycles. The highest BCUT2D eigenvalue weighted by atomic mass is 16.6. The fourth-order valence-corrected chi connectivity index (χ4v) is 2.53. The Morgan fingerprint density at radius 2 is 1.56 bits per heavy atom. The standard InChI is InChI=1S/C21H18N2O4/c24-20(25)19-13-18(11-12-22-19)23(14-16-7-3-1-4-8-16)21(26)27-15-17-9-5-2-6-10-17/h1-13H,14-15H2,(H,24,25). The van der Waals surface area contributed by atoms with Gasteiger partial charge in [-0.15, -0.1) is 0 Å². The second kappa shape index (κ2) is 8.62. The molecule has 1 heterocycles. The van der Waals surface area contributed by atoms with E-state index in [4.69, 9.17) is 4.74 Å². The topological polar surface area (TPSA) is 79.7 Å². The molecule has 3 rings (SSSR count). The van der Waals surface area contributed by atoms with Gasteiger partial charge < -0.3 is 9.84 Å². The average Bonchev–Trinajstić information content (AvgIpc) is 2.72. The van der Waals surface area contributed by atoms with Crippen LogP contribution in [0.4, 0.5) is 10.5 Å². The highest BCUT2D eigenvalue weighted by Crippen LogP contribution is 2.20. The quantitative estimate of drug-likeness (QED) is 0.713. The van der Waals surface area contributed by atoms with Crippen LogP contribution < -0.4 is 4.90 Å². The van der Waals surface area contributed by atoms with Gasteiger partial charge >= 0.3 is 12.1 Å². The molecule has 0 bridgehead atoms. The molecule has 6 heteroatoms. The van der Waals surface area contributed by atoms with Crippen LogP contribution in [0.25, 0.3) is 0 Å². The van der Waals surface area contributed by atoms with E-state index in [1.807, 2.05) is 60.7 Å². The molecule has 2 aromatic carbocycles. The van der Waals surface area contributed by atoms with Gasteiger partial charge in [0.2, 0.25) is 0 Å². The summed E-state index contributed by atoms with van der Waals surface area (Å²) in [4.78, 5) is 29.2. The number of carboxylic acid groups (broad SMARTS) is 1. The number of hydrogen-bond acceptors (Lipinski definition) is 4. The number of nitrogens with zero attached hydrogens (tertiary/aromatic N) is 2. The van der Waals surface area contributed by atoms with E-state index in [1.54, 1.807) is 6.07 Å². The number of carbonyl (C=O) groups excluding carboxylic acids is 1. The number of pyridine rings is 1. The molecule has 0 radical (unpaired) electrons. The minimum Gasteiger partial charge on any atom is -0.477 e. The normalized spacial score (nSPS) is 10.2. The van der Waals surface area contributed by atoms with Crippen molar-refractivity contribution in [1.82, 2.24) is 4.98 Å². The van der Waals surface area contributed by atoms with Gasteiger partial charge in [-0.05, 0) is 23.3 Å². The van der Waals surface area contributed by atoms with Crippen molar-refractivity contribution in [3.05, 3.63) is 95.8 Å². The van der Waals surface area contributed by atoms with Crippen molar-refractivity contribution >= 4 is 17.7 Å². The molecule has 136 valence electrons. The first-order valence-corrected chi connectivity index (χ1v) is 8.35. The average molecular weight is 362 g/mol. The summed E-state index contributed by atoms with van der Waals surface area (Å²) >= 11 is 0. The molecule has 6 nitrogen and oxygen atoms in total. The van der Waals surface area contributed by atoms with Gasteiger partial charge in [-0.25, -0.2) is 14.6 Å². The number of aromatic carboxylic acids is 1. The molecule has 0 saturated heterocycles. The van der Waals surface area contributed by atoms with Crippen LogP contribution in [-0.2, 0) is 17.9 Å². The van der Waals surface area contributed by atoms with Crippen LogP contribution in [0.2, 0.25) is 0 Å². The Labute approximate surface area is 156 Å². The monoisotopic (exact) mass is 362 g/mol. The number of carboxylic acids is 1. The fraction of sp³-hybridized carbons (Fsp3) is 0.0952. The number of hydrogen-bond donors (Lipinski definition) is 1. The Hall–Kier alpha value is -3.67. The second-order valence-corrected chi connectivity index (χ2v) is 5.82. The minimum absolute atomic E-state index is 0.127. The first-order valence-electron chi connectivity index (χ1n) is 8.35. The van der Waals surface area contributed by atoms with E-state index in [0.29, 0.717) is 5.69 Å². The number of ether oxygens (including phenoxy) is 1. The molecule has 0 spiro atoms. The molecule has 3 aromatic rings.